The maximum Gasteiger partial charge on any atom is 0.416 e. The van der Waals surface area contributed by atoms with Crippen molar-refractivity contribution in [1.29, 1.82) is 0 Å². The summed E-state index contributed by atoms with van der Waals surface area (Å²) >= 11 is 0. The van der Waals surface area contributed by atoms with Gasteiger partial charge in [0, 0.05) is 20.5 Å². The lowest BCUT2D eigenvalue weighted by molar-refractivity contribution is -0.150. The molecular weight excluding hydrogens is 353 g/mol. The Balaban J connectivity index is 2.34. The molecular formula is C17H19F3N2O4. The van der Waals surface area contributed by atoms with Gasteiger partial charge in [-0.2, -0.15) is 13.2 Å². The number of carboxylic acid groups (broad SMARTS) is 1. The van der Waals surface area contributed by atoms with Gasteiger partial charge in [0.15, 0.2) is 0 Å². The third kappa shape index (κ3) is 4.14. The number of likely N-dealkylation sites (N-methyl/N-ethyl adjacent to an activating group) is 1. The molecule has 2 rings (SSSR count). The van der Waals surface area contributed by atoms with E-state index in [1.165, 1.54) is 31.1 Å². The van der Waals surface area contributed by atoms with Gasteiger partial charge in [-0.15, -0.1) is 0 Å². The van der Waals surface area contributed by atoms with Gasteiger partial charge in [0.25, 0.3) is 0 Å². The van der Waals surface area contributed by atoms with E-state index in [0.717, 1.165) is 17.0 Å². The van der Waals surface area contributed by atoms with Crippen molar-refractivity contribution in [3.8, 4) is 0 Å². The van der Waals surface area contributed by atoms with Crippen molar-refractivity contribution in [2.24, 2.45) is 5.92 Å². The Morgan fingerprint density at radius 3 is 2.35 bits per heavy atom. The number of carboxylic acids is 1. The number of hydrogen-bond donors (Lipinski definition) is 1. The highest BCUT2D eigenvalue weighted by atomic mass is 19.4. The Labute approximate surface area is 148 Å². The predicted molar refractivity (Wildman–Crippen MR) is 85.0 cm³/mol. The molecule has 1 aliphatic heterocycles. The number of piperidine rings is 1. The van der Waals surface area contributed by atoms with Crippen molar-refractivity contribution in [2.75, 3.05) is 20.6 Å². The fourth-order valence-corrected chi connectivity index (χ4v) is 3.19. The van der Waals surface area contributed by atoms with E-state index < -0.39 is 42.1 Å². The van der Waals surface area contributed by atoms with E-state index in [1.807, 2.05) is 0 Å². The molecule has 0 radical (unpaired) electrons. The second-order valence-electron chi connectivity index (χ2n) is 6.30. The van der Waals surface area contributed by atoms with Crippen LogP contribution in [-0.2, 0) is 20.6 Å². The summed E-state index contributed by atoms with van der Waals surface area (Å²) < 4.78 is 38.3. The fraction of sp³-hybridized carbons (Fsp3) is 0.471. The molecule has 1 fully saturated rings. The monoisotopic (exact) mass is 372 g/mol. The lowest BCUT2D eigenvalue weighted by Crippen LogP contribution is -2.47. The summed E-state index contributed by atoms with van der Waals surface area (Å²) in [5, 5.41) is 8.85. The van der Waals surface area contributed by atoms with Crippen LogP contribution in [0.4, 0.5) is 13.2 Å². The molecule has 2 amide bonds. The minimum absolute atomic E-state index is 0.116. The van der Waals surface area contributed by atoms with Gasteiger partial charge >= 0.3 is 12.1 Å². The first-order chi connectivity index (χ1) is 12.0. The maximum atomic E-state index is 12.8. The van der Waals surface area contributed by atoms with E-state index in [1.54, 1.807) is 0 Å². The zero-order chi connectivity index (χ0) is 19.6. The third-order valence-corrected chi connectivity index (χ3v) is 4.51. The molecule has 9 heteroatoms. The zero-order valence-electron chi connectivity index (χ0n) is 14.3. The molecule has 0 aliphatic carbocycles. The van der Waals surface area contributed by atoms with E-state index in [9.17, 15) is 27.6 Å². The zero-order valence-corrected chi connectivity index (χ0v) is 14.3. The van der Waals surface area contributed by atoms with E-state index in [0.29, 0.717) is 5.56 Å². The second kappa shape index (κ2) is 7.35. The van der Waals surface area contributed by atoms with Crippen molar-refractivity contribution in [2.45, 2.75) is 25.1 Å². The van der Waals surface area contributed by atoms with Crippen LogP contribution in [0.2, 0.25) is 0 Å². The molecule has 1 aromatic carbocycles. The highest BCUT2D eigenvalue weighted by Crippen LogP contribution is 2.38. The summed E-state index contributed by atoms with van der Waals surface area (Å²) in [6.07, 6.45) is -4.16. The minimum atomic E-state index is -4.48. The number of carbonyl (C=O) groups is 3. The third-order valence-electron chi connectivity index (χ3n) is 4.51. The van der Waals surface area contributed by atoms with Gasteiger partial charge < -0.3 is 14.9 Å². The van der Waals surface area contributed by atoms with E-state index in [2.05, 4.69) is 0 Å². The number of amides is 2. The van der Waals surface area contributed by atoms with E-state index in [-0.39, 0.29) is 18.7 Å². The predicted octanol–water partition coefficient (Wildman–Crippen LogP) is 2.16. The number of halogens is 3. The largest absolute Gasteiger partial charge is 0.480 e. The Hall–Kier alpha value is -2.58. The molecule has 1 aliphatic rings. The first kappa shape index (κ1) is 19.7. The summed E-state index contributed by atoms with van der Waals surface area (Å²) in [6.45, 7) is -0.493. The summed E-state index contributed by atoms with van der Waals surface area (Å²) in [4.78, 5) is 37.9. The van der Waals surface area contributed by atoms with Crippen molar-refractivity contribution in [3.63, 3.8) is 0 Å². The highest BCUT2D eigenvalue weighted by molar-refractivity contribution is 5.86. The smallest absolute Gasteiger partial charge is 0.416 e. The average molecular weight is 372 g/mol. The van der Waals surface area contributed by atoms with Crippen molar-refractivity contribution in [1.82, 2.24) is 9.80 Å². The van der Waals surface area contributed by atoms with Crippen molar-refractivity contribution < 1.29 is 32.7 Å². The Morgan fingerprint density at radius 1 is 1.27 bits per heavy atom. The number of likely N-dealkylation sites (tertiary alicyclic amines) is 1. The van der Waals surface area contributed by atoms with Crippen LogP contribution in [0, 0.1) is 5.92 Å². The summed E-state index contributed by atoms with van der Waals surface area (Å²) in [6, 6.07) is 3.57. The molecule has 1 saturated heterocycles. The molecule has 0 aromatic heterocycles. The van der Waals surface area contributed by atoms with Gasteiger partial charge in [-0.25, -0.2) is 0 Å². The molecule has 0 unspecified atom stereocenters. The summed E-state index contributed by atoms with van der Waals surface area (Å²) in [7, 11) is 2.83. The van der Waals surface area contributed by atoms with Crippen LogP contribution < -0.4 is 0 Å². The molecule has 0 spiro atoms. The van der Waals surface area contributed by atoms with Gasteiger partial charge in [0.1, 0.15) is 6.54 Å². The summed E-state index contributed by atoms with van der Waals surface area (Å²) in [5.41, 5.74) is -0.424. The number of aliphatic carboxylic acids is 1. The first-order valence-electron chi connectivity index (χ1n) is 7.92. The number of carbonyl (C=O) groups excluding carboxylic acids is 2. The molecule has 26 heavy (non-hydrogen) atoms. The molecule has 2 atom stereocenters. The average Bonchev–Trinajstić information content (AvgIpc) is 2.55. The number of alkyl halides is 3. The first-order valence-corrected chi connectivity index (χ1v) is 7.92. The van der Waals surface area contributed by atoms with Gasteiger partial charge in [0.2, 0.25) is 11.8 Å². The number of rotatable bonds is 4. The lowest BCUT2D eigenvalue weighted by atomic mass is 9.83. The van der Waals surface area contributed by atoms with Crippen molar-refractivity contribution in [3.05, 3.63) is 35.4 Å². The maximum absolute atomic E-state index is 12.8. The number of hydrogen-bond acceptors (Lipinski definition) is 3. The molecule has 0 bridgehead atoms. The molecule has 1 aromatic rings. The second-order valence-corrected chi connectivity index (χ2v) is 6.30. The van der Waals surface area contributed by atoms with Crippen LogP contribution in [0.15, 0.2) is 24.3 Å². The van der Waals surface area contributed by atoms with Crippen molar-refractivity contribution >= 4 is 17.8 Å². The van der Waals surface area contributed by atoms with Gasteiger partial charge in [-0.1, -0.05) is 12.1 Å². The highest BCUT2D eigenvalue weighted by Gasteiger charge is 2.40. The normalized spacial score (nSPS) is 20.8. The van der Waals surface area contributed by atoms with Gasteiger partial charge in [0.05, 0.1) is 17.5 Å². The van der Waals surface area contributed by atoms with Crippen LogP contribution >= 0.6 is 0 Å². The molecule has 1 heterocycles. The van der Waals surface area contributed by atoms with Gasteiger partial charge in [-0.05, 0) is 24.1 Å². The lowest BCUT2D eigenvalue weighted by Gasteiger charge is -2.39. The number of benzene rings is 1. The quantitative estimate of drug-likeness (QED) is 0.879. The van der Waals surface area contributed by atoms with Gasteiger partial charge in [-0.3, -0.25) is 14.4 Å². The molecule has 0 saturated carbocycles. The SMILES string of the molecule is CN(CC(=O)O)C(=O)[C@H]1CCC(=O)N(C)[C@@H]1c1ccc(C(F)(F)F)cc1. The standard InChI is InChI=1S/C17H19F3N2O4/c1-21(9-14(24)25)16(26)12-7-8-13(23)22(2)15(12)10-3-5-11(6-4-10)17(18,19)20/h3-6,12,15H,7-9H2,1-2H3,(H,24,25)/t12-,15+/m0/s1. The molecule has 142 valence electrons. The van der Waals surface area contributed by atoms with Crippen LogP contribution in [0.1, 0.15) is 30.0 Å². The number of nitrogens with zero attached hydrogens (tertiary/aromatic N) is 2. The fourth-order valence-electron chi connectivity index (χ4n) is 3.19. The van der Waals surface area contributed by atoms with Crippen LogP contribution in [0.25, 0.3) is 0 Å². The molecule has 6 nitrogen and oxygen atoms in total. The van der Waals surface area contributed by atoms with Crippen LogP contribution in [0.5, 0.6) is 0 Å². The Bertz CT molecular complexity index is 703. The van der Waals surface area contributed by atoms with E-state index >= 15 is 0 Å². The van der Waals surface area contributed by atoms with Crippen LogP contribution in [0.3, 0.4) is 0 Å². The Morgan fingerprint density at radius 2 is 1.85 bits per heavy atom. The van der Waals surface area contributed by atoms with Crippen LogP contribution in [-0.4, -0.2) is 53.3 Å². The molecule has 1 N–H and O–H groups in total. The van der Waals surface area contributed by atoms with E-state index in [4.69, 9.17) is 5.11 Å². The minimum Gasteiger partial charge on any atom is -0.480 e. The Kier molecular flexibility index (Phi) is 5.58. The topological polar surface area (TPSA) is 77.9 Å². The summed E-state index contributed by atoms with van der Waals surface area (Å²) in [5.74, 6) is -2.58.